The number of benzene rings is 2. The summed E-state index contributed by atoms with van der Waals surface area (Å²) in [5.74, 6) is 0. The van der Waals surface area contributed by atoms with Crippen molar-refractivity contribution >= 4 is 12.4 Å². The van der Waals surface area contributed by atoms with Gasteiger partial charge in [-0.2, -0.15) is 5.26 Å². The summed E-state index contributed by atoms with van der Waals surface area (Å²) in [4.78, 5) is 8.91. The van der Waals surface area contributed by atoms with Crippen LogP contribution in [0.1, 0.15) is 22.5 Å². The first-order chi connectivity index (χ1) is 13.3. The van der Waals surface area contributed by atoms with Crippen molar-refractivity contribution in [3.63, 3.8) is 0 Å². The molecule has 0 unspecified atom stereocenters. The minimum atomic E-state index is 0. The minimum Gasteiger partial charge on any atom is -0.328 e. The van der Waals surface area contributed by atoms with Gasteiger partial charge in [0.15, 0.2) is 0 Å². The molecule has 0 N–H and O–H groups in total. The number of aromatic nitrogens is 3. The molecule has 0 aliphatic carbocycles. The van der Waals surface area contributed by atoms with Gasteiger partial charge in [-0.05, 0) is 29.3 Å². The highest BCUT2D eigenvalue weighted by molar-refractivity contribution is 5.85. The van der Waals surface area contributed by atoms with Gasteiger partial charge < -0.3 is 4.57 Å². The Labute approximate surface area is 170 Å². The Bertz CT molecular complexity index is 1060. The molecule has 4 aromatic rings. The summed E-state index contributed by atoms with van der Waals surface area (Å²) < 4.78 is 2.11. The van der Waals surface area contributed by atoms with Gasteiger partial charge in [-0.15, -0.1) is 12.4 Å². The van der Waals surface area contributed by atoms with Crippen molar-refractivity contribution in [3.05, 3.63) is 108 Å². The van der Waals surface area contributed by atoms with E-state index in [1.54, 1.807) is 0 Å². The van der Waals surface area contributed by atoms with Gasteiger partial charge in [-0.25, -0.2) is 4.98 Å². The standard InChI is InChI=1S/C23H18N4.ClH/c24-13-19-8-6-18(7-9-19)12-23-15-25-17-27(23)16-22-11-10-21(14-26-22)20-4-2-1-3-5-20;/h1-11,14-15,17H,12,16H2;1H. The van der Waals surface area contributed by atoms with Crippen LogP contribution >= 0.6 is 12.4 Å². The quantitative estimate of drug-likeness (QED) is 0.491. The Balaban J connectivity index is 0.00000225. The van der Waals surface area contributed by atoms with E-state index in [0.29, 0.717) is 12.1 Å². The molecular weight excluding hydrogens is 368 g/mol. The lowest BCUT2D eigenvalue weighted by molar-refractivity contribution is 0.735. The number of hydrogen-bond donors (Lipinski definition) is 0. The number of pyridine rings is 1. The van der Waals surface area contributed by atoms with Crippen LogP contribution in [0.15, 0.2) is 85.5 Å². The van der Waals surface area contributed by atoms with Gasteiger partial charge in [-0.1, -0.05) is 48.5 Å². The zero-order valence-corrected chi connectivity index (χ0v) is 16.0. The third-order valence-electron chi connectivity index (χ3n) is 4.53. The van der Waals surface area contributed by atoms with Gasteiger partial charge >= 0.3 is 0 Å². The summed E-state index contributed by atoms with van der Waals surface area (Å²) in [7, 11) is 0. The Morgan fingerprint density at radius 3 is 2.32 bits per heavy atom. The number of nitriles is 1. The van der Waals surface area contributed by atoms with Crippen molar-refractivity contribution in [1.29, 1.82) is 5.26 Å². The van der Waals surface area contributed by atoms with E-state index in [4.69, 9.17) is 5.26 Å². The molecule has 0 saturated heterocycles. The molecule has 0 aliphatic rings. The molecule has 2 aromatic carbocycles. The molecule has 0 aliphatic heterocycles. The highest BCUT2D eigenvalue weighted by Crippen LogP contribution is 2.18. The number of hydrogen-bond acceptors (Lipinski definition) is 3. The molecule has 0 amide bonds. The summed E-state index contributed by atoms with van der Waals surface area (Å²) in [6.07, 6.45) is 6.41. The van der Waals surface area contributed by atoms with Crippen LogP contribution < -0.4 is 0 Å². The minimum absolute atomic E-state index is 0. The van der Waals surface area contributed by atoms with Crippen LogP contribution in [-0.4, -0.2) is 14.5 Å². The van der Waals surface area contributed by atoms with E-state index in [2.05, 4.69) is 44.9 Å². The lowest BCUT2D eigenvalue weighted by Crippen LogP contribution is -2.05. The van der Waals surface area contributed by atoms with E-state index in [1.807, 2.05) is 61.2 Å². The molecule has 2 aromatic heterocycles. The maximum atomic E-state index is 8.91. The Hall–Kier alpha value is -3.42. The largest absolute Gasteiger partial charge is 0.328 e. The Morgan fingerprint density at radius 2 is 1.64 bits per heavy atom. The monoisotopic (exact) mass is 386 g/mol. The van der Waals surface area contributed by atoms with E-state index in [1.165, 1.54) is 5.56 Å². The second kappa shape index (κ2) is 8.98. The van der Waals surface area contributed by atoms with Gasteiger partial charge in [0.25, 0.3) is 0 Å². The lowest BCUT2D eigenvalue weighted by Gasteiger charge is -2.09. The van der Waals surface area contributed by atoms with Crippen LogP contribution in [0.2, 0.25) is 0 Å². The van der Waals surface area contributed by atoms with Crippen LogP contribution in [0, 0.1) is 11.3 Å². The first-order valence-corrected chi connectivity index (χ1v) is 8.80. The summed E-state index contributed by atoms with van der Waals surface area (Å²) in [6, 6.07) is 24.2. The van der Waals surface area contributed by atoms with Gasteiger partial charge in [0, 0.05) is 30.1 Å². The van der Waals surface area contributed by atoms with Crippen LogP contribution in [0.4, 0.5) is 0 Å². The van der Waals surface area contributed by atoms with Gasteiger partial charge in [0.05, 0.1) is 30.2 Å². The van der Waals surface area contributed by atoms with E-state index >= 15 is 0 Å². The van der Waals surface area contributed by atoms with Crippen LogP contribution in [-0.2, 0) is 13.0 Å². The fourth-order valence-corrected chi connectivity index (χ4v) is 3.04. The summed E-state index contributed by atoms with van der Waals surface area (Å²) in [6.45, 7) is 0.681. The van der Waals surface area contributed by atoms with Crippen molar-refractivity contribution in [1.82, 2.24) is 14.5 Å². The zero-order chi connectivity index (χ0) is 18.5. The molecule has 28 heavy (non-hydrogen) atoms. The van der Waals surface area contributed by atoms with Crippen molar-refractivity contribution in [2.75, 3.05) is 0 Å². The first kappa shape index (κ1) is 19.3. The second-order valence-electron chi connectivity index (χ2n) is 6.40. The number of nitrogens with zero attached hydrogens (tertiary/aromatic N) is 4. The van der Waals surface area contributed by atoms with E-state index in [9.17, 15) is 0 Å². The molecule has 0 bridgehead atoms. The van der Waals surface area contributed by atoms with Crippen LogP contribution in [0.5, 0.6) is 0 Å². The number of rotatable bonds is 5. The first-order valence-electron chi connectivity index (χ1n) is 8.80. The Morgan fingerprint density at radius 1 is 0.857 bits per heavy atom. The maximum absolute atomic E-state index is 8.91. The summed E-state index contributed by atoms with van der Waals surface area (Å²) in [5.41, 5.74) is 6.23. The average molecular weight is 387 g/mol. The third kappa shape index (κ3) is 4.46. The average Bonchev–Trinajstić information content (AvgIpc) is 3.16. The molecule has 4 nitrogen and oxygen atoms in total. The highest BCUT2D eigenvalue weighted by atomic mass is 35.5. The highest BCUT2D eigenvalue weighted by Gasteiger charge is 2.06. The van der Waals surface area contributed by atoms with Gasteiger partial charge in [0.2, 0.25) is 0 Å². The molecule has 0 fully saturated rings. The molecule has 138 valence electrons. The predicted octanol–water partition coefficient (Wildman–Crippen LogP) is 4.88. The topological polar surface area (TPSA) is 54.5 Å². The molecule has 4 rings (SSSR count). The van der Waals surface area contributed by atoms with E-state index < -0.39 is 0 Å². The fourth-order valence-electron chi connectivity index (χ4n) is 3.04. The van der Waals surface area contributed by atoms with Crippen LogP contribution in [0.25, 0.3) is 11.1 Å². The Kier molecular flexibility index (Phi) is 6.21. The second-order valence-corrected chi connectivity index (χ2v) is 6.40. The fraction of sp³-hybridized carbons (Fsp3) is 0.0870. The molecule has 0 radical (unpaired) electrons. The third-order valence-corrected chi connectivity index (χ3v) is 4.53. The molecular formula is C23H19ClN4. The smallest absolute Gasteiger partial charge is 0.0991 e. The molecule has 2 heterocycles. The zero-order valence-electron chi connectivity index (χ0n) is 15.2. The van der Waals surface area contributed by atoms with E-state index in [0.717, 1.165) is 28.9 Å². The van der Waals surface area contributed by atoms with Gasteiger partial charge in [0.1, 0.15) is 0 Å². The molecule has 5 heteroatoms. The lowest BCUT2D eigenvalue weighted by atomic mass is 10.1. The van der Waals surface area contributed by atoms with Crippen molar-refractivity contribution in [3.8, 4) is 17.2 Å². The van der Waals surface area contributed by atoms with Crippen molar-refractivity contribution in [2.45, 2.75) is 13.0 Å². The summed E-state index contributed by atoms with van der Waals surface area (Å²) in [5, 5.41) is 8.91. The van der Waals surface area contributed by atoms with Crippen LogP contribution in [0.3, 0.4) is 0 Å². The number of halogens is 1. The van der Waals surface area contributed by atoms with Gasteiger partial charge in [-0.3, -0.25) is 4.98 Å². The SMILES string of the molecule is Cl.N#Cc1ccc(Cc2cncn2Cc2ccc(-c3ccccc3)cn2)cc1. The predicted molar refractivity (Wildman–Crippen MR) is 112 cm³/mol. The van der Waals surface area contributed by atoms with Crippen molar-refractivity contribution in [2.24, 2.45) is 0 Å². The summed E-state index contributed by atoms with van der Waals surface area (Å²) >= 11 is 0. The molecule has 0 saturated carbocycles. The molecule has 0 atom stereocenters. The number of imidazole rings is 1. The maximum Gasteiger partial charge on any atom is 0.0991 e. The van der Waals surface area contributed by atoms with E-state index in [-0.39, 0.29) is 12.4 Å². The molecule has 0 spiro atoms. The normalized spacial score (nSPS) is 10.1. The van der Waals surface area contributed by atoms with Crippen molar-refractivity contribution < 1.29 is 0 Å².